The highest BCUT2D eigenvalue weighted by molar-refractivity contribution is 7.99. The zero-order chi connectivity index (χ0) is 25.3. The van der Waals surface area contributed by atoms with Crippen molar-refractivity contribution in [1.29, 1.82) is 0 Å². The van der Waals surface area contributed by atoms with E-state index in [2.05, 4.69) is 27.8 Å². The molecule has 9 nitrogen and oxygen atoms in total. The molecular formula is C23H27N5O4S3. The molecule has 3 aromatic heterocycles. The Labute approximate surface area is 215 Å². The van der Waals surface area contributed by atoms with Gasteiger partial charge in [-0.2, -0.15) is 0 Å². The Bertz CT molecular complexity index is 1290. The highest BCUT2D eigenvalue weighted by atomic mass is 32.2. The van der Waals surface area contributed by atoms with Gasteiger partial charge in [0.15, 0.2) is 11.0 Å². The zero-order valence-electron chi connectivity index (χ0n) is 20.0. The molecule has 0 saturated carbocycles. The van der Waals surface area contributed by atoms with Gasteiger partial charge >= 0.3 is 5.97 Å². The average Bonchev–Trinajstić information content (AvgIpc) is 3.51. The van der Waals surface area contributed by atoms with Crippen LogP contribution in [-0.4, -0.2) is 45.4 Å². The summed E-state index contributed by atoms with van der Waals surface area (Å²) in [5.41, 5.74) is 8.45. The minimum absolute atomic E-state index is 0.0564. The molecular weight excluding hydrogens is 506 g/mol. The number of anilines is 1. The Kier molecular flexibility index (Phi) is 7.62. The first-order valence-electron chi connectivity index (χ1n) is 11.2. The van der Waals surface area contributed by atoms with Crippen LogP contribution in [0.4, 0.5) is 5.00 Å². The van der Waals surface area contributed by atoms with Crippen molar-refractivity contribution in [3.63, 3.8) is 0 Å². The lowest BCUT2D eigenvalue weighted by Crippen LogP contribution is -2.16. The second-order valence-corrected chi connectivity index (χ2v) is 11.3. The number of primary amides is 1. The van der Waals surface area contributed by atoms with E-state index >= 15 is 0 Å². The van der Waals surface area contributed by atoms with Crippen LogP contribution < -0.4 is 11.1 Å². The van der Waals surface area contributed by atoms with E-state index in [1.54, 1.807) is 18.3 Å². The molecule has 3 heterocycles. The van der Waals surface area contributed by atoms with Crippen molar-refractivity contribution < 1.29 is 19.1 Å². The standard InChI is InChI=1S/C23H27N5O4S3/c1-5-28-20(14-9-33-15-8-11(2)6-7-13(14)15)26-27-23(28)34-10-16(29)25-21-17(22(31)32-4)12(3)18(35-21)19(24)30/h9,11H,5-8,10H2,1-4H3,(H2,24,30)(H,25,29). The van der Waals surface area contributed by atoms with E-state index in [0.29, 0.717) is 23.2 Å². The number of carbonyl (C=O) groups is 3. The lowest BCUT2D eigenvalue weighted by Gasteiger charge is -2.19. The van der Waals surface area contributed by atoms with Gasteiger partial charge in [0.25, 0.3) is 5.91 Å². The molecule has 0 spiro atoms. The number of hydrogen-bond donors (Lipinski definition) is 2. The van der Waals surface area contributed by atoms with E-state index in [-0.39, 0.29) is 27.1 Å². The monoisotopic (exact) mass is 533 g/mol. The Hall–Kier alpha value is -2.70. The molecule has 0 radical (unpaired) electrons. The number of rotatable bonds is 8. The number of hydrogen-bond acceptors (Lipinski definition) is 9. The number of aromatic nitrogens is 3. The SMILES string of the molecule is CCn1c(SCC(=O)Nc2sc(C(N)=O)c(C)c2C(=O)OC)nnc1-c1csc2c1CCC(C)C2. The molecule has 1 aliphatic rings. The molecule has 1 aliphatic carbocycles. The summed E-state index contributed by atoms with van der Waals surface area (Å²) in [6.45, 7) is 6.59. The summed E-state index contributed by atoms with van der Waals surface area (Å²) in [6, 6.07) is 0. The minimum Gasteiger partial charge on any atom is -0.465 e. The molecule has 0 saturated heterocycles. The number of esters is 1. The number of amides is 2. The van der Waals surface area contributed by atoms with Gasteiger partial charge in [-0.3, -0.25) is 9.59 Å². The first-order chi connectivity index (χ1) is 16.7. The Morgan fingerprint density at radius 1 is 1.34 bits per heavy atom. The van der Waals surface area contributed by atoms with Crippen LogP contribution in [0.2, 0.25) is 0 Å². The van der Waals surface area contributed by atoms with Crippen LogP contribution in [0.3, 0.4) is 0 Å². The molecule has 0 aliphatic heterocycles. The van der Waals surface area contributed by atoms with Gasteiger partial charge < -0.3 is 20.4 Å². The van der Waals surface area contributed by atoms with Crippen LogP contribution in [-0.2, 0) is 28.9 Å². The fraction of sp³-hybridized carbons (Fsp3) is 0.435. The van der Waals surface area contributed by atoms with Crippen molar-refractivity contribution in [3.8, 4) is 11.4 Å². The van der Waals surface area contributed by atoms with Crippen LogP contribution in [0, 0.1) is 12.8 Å². The number of fused-ring (bicyclic) bond motifs is 1. The van der Waals surface area contributed by atoms with Crippen LogP contribution in [0.15, 0.2) is 10.5 Å². The van der Waals surface area contributed by atoms with Crippen LogP contribution in [0.5, 0.6) is 0 Å². The van der Waals surface area contributed by atoms with Gasteiger partial charge in [0, 0.05) is 22.4 Å². The molecule has 3 aromatic rings. The third-order valence-electron chi connectivity index (χ3n) is 6.02. The van der Waals surface area contributed by atoms with Gasteiger partial charge in [0.2, 0.25) is 5.91 Å². The van der Waals surface area contributed by atoms with E-state index < -0.39 is 11.9 Å². The van der Waals surface area contributed by atoms with Crippen molar-refractivity contribution in [2.24, 2.45) is 11.7 Å². The number of nitrogens with zero attached hydrogens (tertiary/aromatic N) is 3. The van der Waals surface area contributed by atoms with Crippen molar-refractivity contribution in [2.45, 2.75) is 51.7 Å². The van der Waals surface area contributed by atoms with Gasteiger partial charge in [0.05, 0.1) is 23.3 Å². The third kappa shape index (κ3) is 5.00. The van der Waals surface area contributed by atoms with Crippen LogP contribution >= 0.6 is 34.4 Å². The largest absolute Gasteiger partial charge is 0.465 e. The van der Waals surface area contributed by atoms with E-state index in [1.807, 2.05) is 11.5 Å². The average molecular weight is 534 g/mol. The van der Waals surface area contributed by atoms with E-state index in [4.69, 9.17) is 10.5 Å². The zero-order valence-corrected chi connectivity index (χ0v) is 22.4. The van der Waals surface area contributed by atoms with E-state index in [9.17, 15) is 14.4 Å². The Balaban J connectivity index is 1.50. The maximum atomic E-state index is 12.7. The second kappa shape index (κ2) is 10.5. The van der Waals surface area contributed by atoms with Gasteiger partial charge in [-0.25, -0.2) is 4.79 Å². The smallest absolute Gasteiger partial charge is 0.341 e. The topological polar surface area (TPSA) is 129 Å². The number of nitrogens with two attached hydrogens (primary N) is 1. The molecule has 0 aromatic carbocycles. The molecule has 1 atom stereocenters. The maximum Gasteiger partial charge on any atom is 0.341 e. The number of ether oxygens (including phenoxy) is 1. The molecule has 1 unspecified atom stereocenters. The number of nitrogens with one attached hydrogen (secondary N) is 1. The molecule has 4 rings (SSSR count). The molecule has 12 heteroatoms. The maximum absolute atomic E-state index is 12.7. The predicted octanol–water partition coefficient (Wildman–Crippen LogP) is 4.14. The Morgan fingerprint density at radius 2 is 2.11 bits per heavy atom. The van der Waals surface area contributed by atoms with Crippen molar-refractivity contribution in [1.82, 2.24) is 14.8 Å². The van der Waals surface area contributed by atoms with Gasteiger partial charge in [-0.15, -0.1) is 32.9 Å². The molecule has 0 bridgehead atoms. The second-order valence-electron chi connectivity index (χ2n) is 8.40. The fourth-order valence-electron chi connectivity index (χ4n) is 4.22. The summed E-state index contributed by atoms with van der Waals surface area (Å²) in [7, 11) is 1.24. The number of thioether (sulfide) groups is 1. The summed E-state index contributed by atoms with van der Waals surface area (Å²) in [5, 5.41) is 14.6. The van der Waals surface area contributed by atoms with Gasteiger partial charge in [0.1, 0.15) is 5.00 Å². The highest BCUT2D eigenvalue weighted by Crippen LogP contribution is 2.38. The first kappa shape index (κ1) is 25.4. The van der Waals surface area contributed by atoms with Crippen molar-refractivity contribution in [2.75, 3.05) is 18.2 Å². The van der Waals surface area contributed by atoms with Gasteiger partial charge in [-0.05, 0) is 50.2 Å². The van der Waals surface area contributed by atoms with Crippen molar-refractivity contribution in [3.05, 3.63) is 31.8 Å². The third-order valence-corrected chi connectivity index (χ3v) is 9.26. The number of carbonyl (C=O) groups excluding carboxylic acids is 3. The van der Waals surface area contributed by atoms with E-state index in [1.165, 1.54) is 35.7 Å². The lowest BCUT2D eigenvalue weighted by atomic mass is 9.88. The lowest BCUT2D eigenvalue weighted by molar-refractivity contribution is -0.113. The first-order valence-corrected chi connectivity index (χ1v) is 13.9. The fourth-order valence-corrected chi connectivity index (χ4v) is 7.33. The molecule has 186 valence electrons. The molecule has 0 fully saturated rings. The summed E-state index contributed by atoms with van der Waals surface area (Å²) < 4.78 is 6.84. The Morgan fingerprint density at radius 3 is 2.80 bits per heavy atom. The summed E-state index contributed by atoms with van der Waals surface area (Å²) in [5.74, 6) is -0.0596. The van der Waals surface area contributed by atoms with E-state index in [0.717, 1.165) is 35.6 Å². The predicted molar refractivity (Wildman–Crippen MR) is 138 cm³/mol. The molecule has 35 heavy (non-hydrogen) atoms. The highest BCUT2D eigenvalue weighted by Gasteiger charge is 2.27. The van der Waals surface area contributed by atoms with Gasteiger partial charge in [-0.1, -0.05) is 18.7 Å². The van der Waals surface area contributed by atoms with Crippen LogP contribution in [0.1, 0.15) is 56.3 Å². The van der Waals surface area contributed by atoms with Crippen LogP contribution in [0.25, 0.3) is 11.4 Å². The quantitative estimate of drug-likeness (QED) is 0.329. The normalized spacial score (nSPS) is 15.0. The molecule has 2 amide bonds. The van der Waals surface area contributed by atoms with Crippen molar-refractivity contribution >= 4 is 57.2 Å². The minimum atomic E-state index is -0.666. The summed E-state index contributed by atoms with van der Waals surface area (Å²) in [6.07, 6.45) is 3.33. The molecule has 3 N–H and O–H groups in total. The summed E-state index contributed by atoms with van der Waals surface area (Å²) in [4.78, 5) is 38.3. The summed E-state index contributed by atoms with van der Waals surface area (Å²) >= 11 is 4.02. The number of thiophene rings is 2. The number of methoxy groups -OCH3 is 1.